The molecule has 1 aliphatic heterocycles. The Hall–Kier alpha value is -3.53. The number of aromatic nitrogens is 1. The Bertz CT molecular complexity index is 996. The van der Waals surface area contributed by atoms with Gasteiger partial charge in [-0.15, -0.1) is 0 Å². The summed E-state index contributed by atoms with van der Waals surface area (Å²) in [5.74, 6) is -1.09. The van der Waals surface area contributed by atoms with Crippen LogP contribution in [0.4, 0.5) is 5.82 Å². The minimum absolute atomic E-state index is 0.133. The van der Waals surface area contributed by atoms with E-state index < -0.39 is 11.8 Å². The molecule has 3 aromatic rings. The van der Waals surface area contributed by atoms with Gasteiger partial charge in [-0.3, -0.25) is 9.59 Å². The third-order valence-corrected chi connectivity index (χ3v) is 5.94. The Kier molecular flexibility index (Phi) is 4.32. The van der Waals surface area contributed by atoms with E-state index in [4.69, 9.17) is 0 Å². The third-order valence-electron chi connectivity index (χ3n) is 5.94. The fourth-order valence-corrected chi connectivity index (χ4v) is 4.65. The molecule has 4 heteroatoms. The maximum Gasteiger partial charge on any atom is 0.239 e. The molecule has 0 N–H and O–H groups in total. The molecule has 1 saturated heterocycles. The average molecular weight is 380 g/mol. The molecule has 1 aliphatic carbocycles. The summed E-state index contributed by atoms with van der Waals surface area (Å²) in [5, 5.41) is 0. The third kappa shape index (κ3) is 2.88. The van der Waals surface area contributed by atoms with E-state index in [0.717, 1.165) is 11.1 Å². The fraction of sp³-hybridized carbons (Fsp3) is 0.160. The zero-order valence-corrected chi connectivity index (χ0v) is 15.8. The van der Waals surface area contributed by atoms with E-state index in [1.54, 1.807) is 24.4 Å². The van der Waals surface area contributed by atoms with Gasteiger partial charge < -0.3 is 0 Å². The second-order valence-electron chi connectivity index (χ2n) is 7.51. The van der Waals surface area contributed by atoms with Crippen molar-refractivity contribution in [2.24, 2.45) is 11.8 Å². The van der Waals surface area contributed by atoms with Crippen molar-refractivity contribution in [3.05, 3.63) is 108 Å². The van der Waals surface area contributed by atoms with Crippen LogP contribution in [0.5, 0.6) is 0 Å². The maximum absolute atomic E-state index is 13.5. The molecule has 29 heavy (non-hydrogen) atoms. The predicted octanol–water partition coefficient (Wildman–Crippen LogP) is 4.32. The van der Waals surface area contributed by atoms with Gasteiger partial charge >= 0.3 is 0 Å². The molecule has 2 aromatic carbocycles. The van der Waals surface area contributed by atoms with Gasteiger partial charge in [0.05, 0.1) is 11.8 Å². The Morgan fingerprint density at radius 2 is 1.10 bits per heavy atom. The summed E-state index contributed by atoms with van der Waals surface area (Å²) in [6, 6.07) is 25.2. The summed E-state index contributed by atoms with van der Waals surface area (Å²) < 4.78 is 0. The quantitative estimate of drug-likeness (QED) is 0.502. The van der Waals surface area contributed by atoms with Gasteiger partial charge in [-0.1, -0.05) is 78.9 Å². The van der Waals surface area contributed by atoms with Gasteiger partial charge in [0.2, 0.25) is 11.8 Å². The molecule has 0 unspecified atom stereocenters. The Morgan fingerprint density at radius 3 is 1.55 bits per heavy atom. The van der Waals surface area contributed by atoms with Gasteiger partial charge in [0.15, 0.2) is 0 Å². The molecule has 1 aromatic heterocycles. The summed E-state index contributed by atoms with van der Waals surface area (Å²) in [5.41, 5.74) is 2.10. The zero-order valence-electron chi connectivity index (χ0n) is 15.8. The number of nitrogens with zero attached hydrogens (tertiary/aromatic N) is 2. The first-order valence-corrected chi connectivity index (χ1v) is 9.83. The zero-order chi connectivity index (χ0) is 19.8. The minimum Gasteiger partial charge on any atom is -0.274 e. The predicted molar refractivity (Wildman–Crippen MR) is 111 cm³/mol. The van der Waals surface area contributed by atoms with E-state index in [1.807, 2.05) is 60.7 Å². The SMILES string of the molecule is O=C1[C@H]2[C@H](C(=O)N1c1ccccn1)[C@H](c1ccccc1)C=C[C@@H]2c1ccccc1. The summed E-state index contributed by atoms with van der Waals surface area (Å²) in [4.78, 5) is 32.6. The van der Waals surface area contributed by atoms with Crippen LogP contribution in [-0.2, 0) is 9.59 Å². The molecule has 2 heterocycles. The molecule has 0 spiro atoms. The van der Waals surface area contributed by atoms with Gasteiger partial charge in [-0.2, -0.15) is 0 Å². The number of imide groups is 1. The van der Waals surface area contributed by atoms with Crippen molar-refractivity contribution >= 4 is 17.6 Å². The molecule has 0 radical (unpaired) electrons. The van der Waals surface area contributed by atoms with Crippen LogP contribution in [0.1, 0.15) is 23.0 Å². The van der Waals surface area contributed by atoms with Crippen LogP contribution < -0.4 is 4.90 Å². The summed E-state index contributed by atoms with van der Waals surface area (Å²) >= 11 is 0. The van der Waals surface area contributed by atoms with Crippen molar-refractivity contribution in [1.29, 1.82) is 0 Å². The monoisotopic (exact) mass is 380 g/mol. The summed E-state index contributed by atoms with van der Waals surface area (Å²) in [6.45, 7) is 0. The second kappa shape index (κ2) is 7.13. The van der Waals surface area contributed by atoms with Gasteiger partial charge in [-0.05, 0) is 23.3 Å². The topological polar surface area (TPSA) is 50.3 Å². The molecule has 2 amide bonds. The van der Waals surface area contributed by atoms with Crippen LogP contribution in [0, 0.1) is 11.8 Å². The molecule has 1 fully saturated rings. The first-order chi connectivity index (χ1) is 14.3. The van der Waals surface area contributed by atoms with Crippen molar-refractivity contribution in [3.63, 3.8) is 0 Å². The normalized spacial score (nSPS) is 25.9. The number of amides is 2. The van der Waals surface area contributed by atoms with Crippen LogP contribution in [0.25, 0.3) is 0 Å². The van der Waals surface area contributed by atoms with Gasteiger partial charge in [-0.25, -0.2) is 9.88 Å². The lowest BCUT2D eigenvalue weighted by Gasteiger charge is -2.32. The highest BCUT2D eigenvalue weighted by molar-refractivity contribution is 6.22. The van der Waals surface area contributed by atoms with Gasteiger partial charge in [0.1, 0.15) is 5.82 Å². The van der Waals surface area contributed by atoms with Crippen molar-refractivity contribution in [3.8, 4) is 0 Å². The molecule has 2 aliphatic rings. The largest absolute Gasteiger partial charge is 0.274 e. The smallest absolute Gasteiger partial charge is 0.239 e. The van der Waals surface area contributed by atoms with E-state index >= 15 is 0 Å². The number of rotatable bonds is 3. The number of allylic oxidation sites excluding steroid dienone is 2. The van der Waals surface area contributed by atoms with Gasteiger partial charge in [0, 0.05) is 18.0 Å². The van der Waals surface area contributed by atoms with Crippen molar-refractivity contribution < 1.29 is 9.59 Å². The molecule has 142 valence electrons. The minimum atomic E-state index is -0.442. The second-order valence-corrected chi connectivity index (χ2v) is 7.51. The van der Waals surface area contributed by atoms with Crippen molar-refractivity contribution in [2.45, 2.75) is 11.8 Å². The van der Waals surface area contributed by atoms with Crippen LogP contribution >= 0.6 is 0 Å². The molecule has 4 atom stereocenters. The molecule has 4 nitrogen and oxygen atoms in total. The van der Waals surface area contributed by atoms with Crippen molar-refractivity contribution in [1.82, 2.24) is 4.98 Å². The Morgan fingerprint density at radius 1 is 0.621 bits per heavy atom. The van der Waals surface area contributed by atoms with Crippen LogP contribution in [0.15, 0.2) is 97.2 Å². The molecule has 0 saturated carbocycles. The highest BCUT2D eigenvalue weighted by Gasteiger charge is 2.55. The average Bonchev–Trinajstić information content (AvgIpc) is 3.06. The number of carbonyl (C=O) groups is 2. The van der Waals surface area contributed by atoms with E-state index in [9.17, 15) is 9.59 Å². The number of hydrogen-bond acceptors (Lipinski definition) is 3. The number of carbonyl (C=O) groups excluding carboxylic acids is 2. The first kappa shape index (κ1) is 17.6. The number of pyridine rings is 1. The lowest BCUT2D eigenvalue weighted by molar-refractivity contribution is -0.122. The van der Waals surface area contributed by atoms with Crippen molar-refractivity contribution in [2.75, 3.05) is 4.90 Å². The highest BCUT2D eigenvalue weighted by Crippen LogP contribution is 2.49. The van der Waals surface area contributed by atoms with Crippen LogP contribution in [0.2, 0.25) is 0 Å². The van der Waals surface area contributed by atoms with E-state index in [1.165, 1.54) is 4.90 Å². The fourth-order valence-electron chi connectivity index (χ4n) is 4.65. The molecule has 0 bridgehead atoms. The number of anilines is 1. The maximum atomic E-state index is 13.5. The highest BCUT2D eigenvalue weighted by atomic mass is 16.2. The number of benzene rings is 2. The standard InChI is InChI=1S/C25H20N2O2/c28-24-22-19(17-9-3-1-4-10-17)14-15-20(18-11-5-2-6-12-18)23(22)25(29)27(24)21-13-7-8-16-26-21/h1-16,19-20,22-23H/t19-,20+,22-,23-/m1/s1. The van der Waals surface area contributed by atoms with Crippen LogP contribution in [0.3, 0.4) is 0 Å². The van der Waals surface area contributed by atoms with Crippen LogP contribution in [-0.4, -0.2) is 16.8 Å². The Balaban J connectivity index is 1.64. The lowest BCUT2D eigenvalue weighted by atomic mass is 9.68. The van der Waals surface area contributed by atoms with E-state index in [2.05, 4.69) is 17.1 Å². The Labute approximate surface area is 169 Å². The van der Waals surface area contributed by atoms with Gasteiger partial charge in [0.25, 0.3) is 0 Å². The van der Waals surface area contributed by atoms with E-state index in [0.29, 0.717) is 5.82 Å². The summed E-state index contributed by atoms with van der Waals surface area (Å²) in [7, 11) is 0. The molecular weight excluding hydrogens is 360 g/mol. The first-order valence-electron chi connectivity index (χ1n) is 9.83. The lowest BCUT2D eigenvalue weighted by Crippen LogP contribution is -2.32. The molecular formula is C25H20N2O2. The molecule has 5 rings (SSSR count). The summed E-state index contributed by atoms with van der Waals surface area (Å²) in [6.07, 6.45) is 5.81. The number of fused-ring (bicyclic) bond motifs is 1. The number of hydrogen-bond donors (Lipinski definition) is 0. The van der Waals surface area contributed by atoms with E-state index in [-0.39, 0.29) is 23.7 Å².